The number of hydrogen-bond donors (Lipinski definition) is 0. The van der Waals surface area contributed by atoms with Crippen LogP contribution >= 0.6 is 23.2 Å². The predicted molar refractivity (Wildman–Crippen MR) is 77.3 cm³/mol. The molecule has 3 nitrogen and oxygen atoms in total. The van der Waals surface area contributed by atoms with Gasteiger partial charge in [-0.05, 0) is 12.3 Å². The van der Waals surface area contributed by atoms with Crippen molar-refractivity contribution in [2.75, 3.05) is 11.8 Å². The van der Waals surface area contributed by atoms with Crippen LogP contribution in [-0.2, 0) is 13.0 Å². The van der Waals surface area contributed by atoms with Crippen LogP contribution in [0.2, 0.25) is 0 Å². The first kappa shape index (κ1) is 15.8. The van der Waals surface area contributed by atoms with Crippen LogP contribution in [0.25, 0.3) is 0 Å². The number of hydrogen-bond acceptors (Lipinski definition) is 2. The van der Waals surface area contributed by atoms with Crippen molar-refractivity contribution in [2.24, 2.45) is 11.3 Å². The molecule has 0 aromatic carbocycles. The van der Waals surface area contributed by atoms with Gasteiger partial charge in [0.05, 0.1) is 0 Å². The molecule has 0 aliphatic heterocycles. The zero-order valence-electron chi connectivity index (χ0n) is 11.5. The lowest BCUT2D eigenvalue weighted by Crippen LogP contribution is -2.30. The van der Waals surface area contributed by atoms with E-state index in [1.807, 2.05) is 4.68 Å². The molecule has 0 amide bonds. The van der Waals surface area contributed by atoms with E-state index >= 15 is 0 Å². The van der Waals surface area contributed by atoms with Crippen LogP contribution in [0.5, 0.6) is 0 Å². The van der Waals surface area contributed by atoms with Crippen molar-refractivity contribution in [3.8, 4) is 0 Å². The lowest BCUT2D eigenvalue weighted by atomic mass is 9.83. The van der Waals surface area contributed by atoms with E-state index < -0.39 is 0 Å². The Hall–Kier alpha value is -0.280. The zero-order chi connectivity index (χ0) is 13.6. The molecular formula is C13H23Cl2N3. The minimum absolute atomic E-state index is 0.0559. The minimum Gasteiger partial charge on any atom is -0.250 e. The van der Waals surface area contributed by atoms with Crippen molar-refractivity contribution in [3.63, 3.8) is 0 Å². The van der Waals surface area contributed by atoms with Crippen molar-refractivity contribution in [1.29, 1.82) is 0 Å². The van der Waals surface area contributed by atoms with E-state index in [0.29, 0.717) is 17.7 Å². The molecule has 0 unspecified atom stereocenters. The quantitative estimate of drug-likeness (QED) is 0.683. The number of alkyl halides is 2. The molecule has 0 aliphatic carbocycles. The van der Waals surface area contributed by atoms with E-state index in [2.05, 4.69) is 30.9 Å². The van der Waals surface area contributed by atoms with E-state index in [4.69, 9.17) is 23.2 Å². The van der Waals surface area contributed by atoms with Gasteiger partial charge in [-0.2, -0.15) is 5.10 Å². The summed E-state index contributed by atoms with van der Waals surface area (Å²) in [7, 11) is 0. The predicted octanol–water partition coefficient (Wildman–Crippen LogP) is 3.74. The summed E-state index contributed by atoms with van der Waals surface area (Å²) in [6.45, 7) is 7.40. The Morgan fingerprint density at radius 2 is 2.00 bits per heavy atom. The van der Waals surface area contributed by atoms with Crippen LogP contribution in [0.4, 0.5) is 0 Å². The molecule has 1 aromatic rings. The summed E-state index contributed by atoms with van der Waals surface area (Å²) in [5.41, 5.74) is -0.0559. The Bertz CT molecular complexity index is 346. The molecule has 18 heavy (non-hydrogen) atoms. The highest BCUT2D eigenvalue weighted by Gasteiger charge is 2.30. The van der Waals surface area contributed by atoms with Gasteiger partial charge in [0.2, 0.25) is 0 Å². The summed E-state index contributed by atoms with van der Waals surface area (Å²) in [5, 5.41) is 4.29. The van der Waals surface area contributed by atoms with E-state index in [-0.39, 0.29) is 5.41 Å². The summed E-state index contributed by atoms with van der Waals surface area (Å²) in [5.74, 6) is 2.69. The van der Waals surface area contributed by atoms with Gasteiger partial charge in [-0.15, -0.1) is 23.2 Å². The van der Waals surface area contributed by atoms with Gasteiger partial charge in [0.15, 0.2) is 0 Å². The second-order valence-corrected chi connectivity index (χ2v) is 5.98. The fraction of sp³-hybridized carbons (Fsp3) is 0.846. The normalized spacial score (nSPS) is 12.3. The summed E-state index contributed by atoms with van der Waals surface area (Å²) >= 11 is 12.3. The van der Waals surface area contributed by atoms with E-state index in [0.717, 1.165) is 31.6 Å². The van der Waals surface area contributed by atoms with Crippen LogP contribution in [0, 0.1) is 11.3 Å². The van der Waals surface area contributed by atoms with Crippen LogP contribution in [-0.4, -0.2) is 26.5 Å². The molecule has 0 bridgehead atoms. The third-order valence-electron chi connectivity index (χ3n) is 3.11. The van der Waals surface area contributed by atoms with Gasteiger partial charge >= 0.3 is 0 Å². The van der Waals surface area contributed by atoms with Gasteiger partial charge in [0, 0.05) is 30.1 Å². The standard InChI is InChI=1S/C13H23Cl2N3/c1-4-5-13(8-14,9-15)6-12-16-10-17-18(12)7-11(2)3/h10-11H,4-9H2,1-3H3. The maximum Gasteiger partial charge on any atom is 0.138 e. The van der Waals surface area contributed by atoms with Crippen LogP contribution in [0.3, 0.4) is 0 Å². The molecule has 1 rings (SSSR count). The van der Waals surface area contributed by atoms with Gasteiger partial charge in [-0.25, -0.2) is 9.67 Å². The smallest absolute Gasteiger partial charge is 0.138 e. The molecule has 0 spiro atoms. The average molecular weight is 292 g/mol. The fourth-order valence-electron chi connectivity index (χ4n) is 2.14. The Kier molecular flexibility index (Phi) is 6.44. The number of aromatic nitrogens is 3. The summed E-state index contributed by atoms with van der Waals surface area (Å²) < 4.78 is 1.98. The van der Waals surface area contributed by atoms with Crippen molar-refractivity contribution < 1.29 is 0 Å². The first-order chi connectivity index (χ1) is 8.56. The number of nitrogens with zero attached hydrogens (tertiary/aromatic N) is 3. The highest BCUT2D eigenvalue weighted by molar-refractivity contribution is 6.21. The highest BCUT2D eigenvalue weighted by Crippen LogP contribution is 2.31. The van der Waals surface area contributed by atoms with Crippen LogP contribution in [0.1, 0.15) is 39.4 Å². The van der Waals surface area contributed by atoms with E-state index in [9.17, 15) is 0 Å². The molecule has 0 N–H and O–H groups in total. The van der Waals surface area contributed by atoms with Gasteiger partial charge < -0.3 is 0 Å². The van der Waals surface area contributed by atoms with Gasteiger partial charge in [0.1, 0.15) is 12.2 Å². The maximum atomic E-state index is 6.14. The molecule has 0 saturated carbocycles. The molecule has 0 aliphatic rings. The molecule has 1 aromatic heterocycles. The van der Waals surface area contributed by atoms with Gasteiger partial charge in [-0.1, -0.05) is 27.2 Å². The fourth-order valence-corrected chi connectivity index (χ4v) is 2.88. The molecule has 5 heteroatoms. The number of halogens is 2. The van der Waals surface area contributed by atoms with Gasteiger partial charge in [0.25, 0.3) is 0 Å². The first-order valence-electron chi connectivity index (χ1n) is 6.55. The SMILES string of the molecule is CCCC(CCl)(CCl)Cc1ncnn1CC(C)C. The summed E-state index contributed by atoms with van der Waals surface area (Å²) in [6.07, 6.45) is 4.53. The maximum absolute atomic E-state index is 6.14. The molecule has 0 atom stereocenters. The molecule has 104 valence electrons. The van der Waals surface area contributed by atoms with Crippen molar-refractivity contribution >= 4 is 23.2 Å². The minimum atomic E-state index is -0.0559. The topological polar surface area (TPSA) is 30.7 Å². The molecule has 0 fully saturated rings. The van der Waals surface area contributed by atoms with Gasteiger partial charge in [-0.3, -0.25) is 0 Å². The third kappa shape index (κ3) is 4.13. The molecule has 1 heterocycles. The van der Waals surface area contributed by atoms with Crippen molar-refractivity contribution in [1.82, 2.24) is 14.8 Å². The molecular weight excluding hydrogens is 269 g/mol. The second-order valence-electron chi connectivity index (χ2n) is 5.45. The Morgan fingerprint density at radius 3 is 2.50 bits per heavy atom. The third-order valence-corrected chi connectivity index (χ3v) is 4.25. The first-order valence-corrected chi connectivity index (χ1v) is 7.62. The van der Waals surface area contributed by atoms with Crippen molar-refractivity contribution in [2.45, 2.75) is 46.6 Å². The van der Waals surface area contributed by atoms with Crippen LogP contribution in [0.15, 0.2) is 6.33 Å². The molecule has 0 saturated heterocycles. The second kappa shape index (κ2) is 7.34. The largest absolute Gasteiger partial charge is 0.250 e. The Morgan fingerprint density at radius 1 is 1.33 bits per heavy atom. The summed E-state index contributed by atoms with van der Waals surface area (Å²) in [4.78, 5) is 4.37. The average Bonchev–Trinajstić information content (AvgIpc) is 2.75. The van der Waals surface area contributed by atoms with E-state index in [1.54, 1.807) is 6.33 Å². The monoisotopic (exact) mass is 291 g/mol. The van der Waals surface area contributed by atoms with E-state index in [1.165, 1.54) is 0 Å². The summed E-state index contributed by atoms with van der Waals surface area (Å²) in [6, 6.07) is 0. The highest BCUT2D eigenvalue weighted by atomic mass is 35.5. The Balaban J connectivity index is 2.83. The Labute approximate surface area is 120 Å². The lowest BCUT2D eigenvalue weighted by molar-refractivity contribution is 0.321. The molecule has 0 radical (unpaired) electrons. The van der Waals surface area contributed by atoms with Crippen molar-refractivity contribution in [3.05, 3.63) is 12.2 Å². The zero-order valence-corrected chi connectivity index (χ0v) is 13.0. The van der Waals surface area contributed by atoms with Crippen LogP contribution < -0.4 is 0 Å². The number of rotatable bonds is 8. The lowest BCUT2D eigenvalue weighted by Gasteiger charge is -2.28.